The van der Waals surface area contributed by atoms with Gasteiger partial charge in [0.05, 0.1) is 17.1 Å². The molecule has 6 heteroatoms. The number of nitrogens with one attached hydrogen (secondary N) is 1. The first kappa shape index (κ1) is 11.3. The second-order valence-corrected chi connectivity index (χ2v) is 4.95. The van der Waals surface area contributed by atoms with Crippen LogP contribution in [0.3, 0.4) is 0 Å². The van der Waals surface area contributed by atoms with Crippen LogP contribution in [0.5, 0.6) is 0 Å². The summed E-state index contributed by atoms with van der Waals surface area (Å²) in [6.07, 6.45) is 5.00. The zero-order valence-corrected chi connectivity index (χ0v) is 10.3. The smallest absolute Gasteiger partial charge is 0.189 e. The van der Waals surface area contributed by atoms with Crippen molar-refractivity contribution in [2.45, 2.75) is 45.2 Å². The maximum Gasteiger partial charge on any atom is 0.189 e. The highest BCUT2D eigenvalue weighted by Gasteiger charge is 2.14. The van der Waals surface area contributed by atoms with Gasteiger partial charge in [-0.15, -0.1) is 5.10 Å². The van der Waals surface area contributed by atoms with Crippen LogP contribution in [0.15, 0.2) is 4.99 Å². The monoisotopic (exact) mass is 239 g/mol. The maximum atomic E-state index is 5.82. The predicted molar refractivity (Wildman–Crippen MR) is 65.4 cm³/mol. The molecule has 0 bridgehead atoms. The third-order valence-corrected chi connectivity index (χ3v) is 3.65. The van der Waals surface area contributed by atoms with Crippen LogP contribution < -0.4 is 11.1 Å². The molecule has 0 amide bonds. The van der Waals surface area contributed by atoms with Crippen LogP contribution in [0.25, 0.3) is 0 Å². The Morgan fingerprint density at radius 3 is 2.94 bits per heavy atom. The molecule has 1 aromatic heterocycles. The summed E-state index contributed by atoms with van der Waals surface area (Å²) in [6.45, 7) is 2.52. The molecule has 0 radical (unpaired) electrons. The van der Waals surface area contributed by atoms with Gasteiger partial charge in [0.2, 0.25) is 0 Å². The lowest BCUT2D eigenvalue weighted by Gasteiger charge is -2.11. The van der Waals surface area contributed by atoms with Gasteiger partial charge < -0.3 is 11.1 Å². The largest absolute Gasteiger partial charge is 0.370 e. The number of aryl methyl sites for hydroxylation is 1. The van der Waals surface area contributed by atoms with Gasteiger partial charge in [-0.25, -0.2) is 4.99 Å². The number of nitrogens with zero attached hydrogens (tertiary/aromatic N) is 3. The minimum absolute atomic E-state index is 0.518. The Labute approximate surface area is 99.3 Å². The van der Waals surface area contributed by atoms with Crippen molar-refractivity contribution in [3.8, 4) is 0 Å². The summed E-state index contributed by atoms with van der Waals surface area (Å²) in [5, 5.41) is 7.19. The Balaban J connectivity index is 1.84. The summed E-state index contributed by atoms with van der Waals surface area (Å²) >= 11 is 1.38. The Bertz CT molecular complexity index is 367. The van der Waals surface area contributed by atoms with Crippen LogP contribution >= 0.6 is 11.5 Å². The Morgan fingerprint density at radius 2 is 2.31 bits per heavy atom. The van der Waals surface area contributed by atoms with Crippen LogP contribution in [0.1, 0.15) is 36.3 Å². The van der Waals surface area contributed by atoms with Crippen molar-refractivity contribution in [1.82, 2.24) is 14.9 Å². The average molecular weight is 239 g/mol. The minimum Gasteiger partial charge on any atom is -0.370 e. The van der Waals surface area contributed by atoms with Gasteiger partial charge in [0.15, 0.2) is 5.96 Å². The molecule has 88 valence electrons. The summed E-state index contributed by atoms with van der Waals surface area (Å²) in [4.78, 5) is 5.38. The van der Waals surface area contributed by atoms with Crippen molar-refractivity contribution in [1.29, 1.82) is 0 Å². The highest BCUT2D eigenvalue weighted by atomic mass is 32.1. The second-order valence-electron chi connectivity index (χ2n) is 4.11. The Morgan fingerprint density at radius 1 is 1.56 bits per heavy atom. The van der Waals surface area contributed by atoms with Gasteiger partial charge in [0.25, 0.3) is 0 Å². The number of aliphatic imine (C=N–C) groups is 1. The van der Waals surface area contributed by atoms with Crippen LogP contribution in [-0.4, -0.2) is 21.6 Å². The molecule has 0 unspecified atom stereocenters. The standard InChI is InChI=1S/C10H17N5S/c1-7-9(16-15-14-7)6-12-10(11)13-8-4-2-3-5-8/h8H,2-6H2,1H3,(H3,11,12,13). The first-order valence-electron chi connectivity index (χ1n) is 5.60. The van der Waals surface area contributed by atoms with E-state index in [0.29, 0.717) is 18.5 Å². The fraction of sp³-hybridized carbons (Fsp3) is 0.700. The van der Waals surface area contributed by atoms with E-state index in [1.54, 1.807) is 0 Å². The first-order chi connectivity index (χ1) is 7.75. The van der Waals surface area contributed by atoms with Gasteiger partial charge >= 0.3 is 0 Å². The third-order valence-electron chi connectivity index (χ3n) is 2.85. The quantitative estimate of drug-likeness (QED) is 0.613. The van der Waals surface area contributed by atoms with Crippen molar-refractivity contribution in [3.05, 3.63) is 10.6 Å². The lowest BCUT2D eigenvalue weighted by Crippen LogP contribution is -2.38. The van der Waals surface area contributed by atoms with Crippen LogP contribution in [0, 0.1) is 6.92 Å². The topological polar surface area (TPSA) is 76.2 Å². The molecule has 0 atom stereocenters. The van der Waals surface area contributed by atoms with Gasteiger partial charge in [-0.3, -0.25) is 0 Å². The van der Waals surface area contributed by atoms with Crippen LogP contribution in [0.4, 0.5) is 0 Å². The van der Waals surface area contributed by atoms with Crippen LogP contribution in [0.2, 0.25) is 0 Å². The van der Waals surface area contributed by atoms with E-state index >= 15 is 0 Å². The molecule has 1 saturated carbocycles. The fourth-order valence-corrected chi connectivity index (χ4v) is 2.44. The van der Waals surface area contributed by atoms with E-state index in [2.05, 4.69) is 19.9 Å². The molecule has 1 aromatic rings. The lowest BCUT2D eigenvalue weighted by atomic mass is 10.2. The summed E-state index contributed by atoms with van der Waals surface area (Å²) in [6, 6.07) is 0.518. The molecule has 1 heterocycles. The van der Waals surface area contributed by atoms with Crippen molar-refractivity contribution >= 4 is 17.5 Å². The number of nitrogens with two attached hydrogens (primary N) is 1. The van der Waals surface area contributed by atoms with Gasteiger partial charge in [-0.05, 0) is 31.3 Å². The van der Waals surface area contributed by atoms with E-state index in [9.17, 15) is 0 Å². The van der Waals surface area contributed by atoms with Crippen LogP contribution in [-0.2, 0) is 6.54 Å². The van der Waals surface area contributed by atoms with E-state index in [1.807, 2.05) is 6.92 Å². The fourth-order valence-electron chi connectivity index (χ4n) is 1.88. The molecule has 2 rings (SSSR count). The lowest BCUT2D eigenvalue weighted by molar-refractivity contribution is 0.625. The number of aromatic nitrogens is 2. The number of guanidine groups is 1. The second kappa shape index (κ2) is 5.25. The molecule has 1 aliphatic rings. The summed E-state index contributed by atoms with van der Waals surface area (Å²) in [5.41, 5.74) is 6.77. The molecular weight excluding hydrogens is 222 g/mol. The van der Waals surface area contributed by atoms with Gasteiger partial charge in [0.1, 0.15) is 0 Å². The molecule has 1 fully saturated rings. The Kier molecular flexibility index (Phi) is 3.71. The van der Waals surface area contributed by atoms with Gasteiger partial charge in [-0.2, -0.15) is 0 Å². The van der Waals surface area contributed by atoms with Crippen molar-refractivity contribution in [2.75, 3.05) is 0 Å². The van der Waals surface area contributed by atoms with Crippen molar-refractivity contribution in [3.63, 3.8) is 0 Å². The van der Waals surface area contributed by atoms with E-state index < -0.39 is 0 Å². The SMILES string of the molecule is Cc1nnsc1CN=C(N)NC1CCCC1. The molecule has 1 aliphatic carbocycles. The highest BCUT2D eigenvalue weighted by Crippen LogP contribution is 2.17. The molecule has 16 heavy (non-hydrogen) atoms. The van der Waals surface area contributed by atoms with Gasteiger partial charge in [0, 0.05) is 6.04 Å². The molecule has 3 N–H and O–H groups in total. The molecule has 0 aromatic carbocycles. The first-order valence-corrected chi connectivity index (χ1v) is 6.37. The van der Waals surface area contributed by atoms with Crippen molar-refractivity contribution in [2.24, 2.45) is 10.7 Å². The molecule has 0 saturated heterocycles. The molecule has 0 spiro atoms. The average Bonchev–Trinajstić information content (AvgIpc) is 2.87. The Hall–Kier alpha value is -1.17. The van der Waals surface area contributed by atoms with Gasteiger partial charge in [-0.1, -0.05) is 17.3 Å². The zero-order valence-electron chi connectivity index (χ0n) is 9.44. The molecule has 0 aliphatic heterocycles. The maximum absolute atomic E-state index is 5.82. The third kappa shape index (κ3) is 2.91. The number of rotatable bonds is 3. The summed E-state index contributed by atoms with van der Waals surface area (Å²) < 4.78 is 3.86. The normalized spacial score (nSPS) is 17.9. The predicted octanol–water partition coefficient (Wildman–Crippen LogP) is 1.19. The number of hydrogen-bond donors (Lipinski definition) is 2. The minimum atomic E-state index is 0.518. The number of hydrogen-bond acceptors (Lipinski definition) is 4. The van der Waals surface area contributed by atoms with E-state index in [-0.39, 0.29) is 0 Å². The van der Waals surface area contributed by atoms with Crippen molar-refractivity contribution < 1.29 is 0 Å². The van der Waals surface area contributed by atoms with E-state index in [1.165, 1.54) is 37.2 Å². The zero-order chi connectivity index (χ0) is 11.4. The van der Waals surface area contributed by atoms with E-state index in [0.717, 1.165) is 10.6 Å². The highest BCUT2D eigenvalue weighted by molar-refractivity contribution is 7.05. The molecular formula is C10H17N5S. The van der Waals surface area contributed by atoms with E-state index in [4.69, 9.17) is 5.73 Å². The summed E-state index contributed by atoms with van der Waals surface area (Å²) in [7, 11) is 0. The molecule has 5 nitrogen and oxygen atoms in total. The summed E-state index contributed by atoms with van der Waals surface area (Å²) in [5.74, 6) is 0.541.